The van der Waals surface area contributed by atoms with Gasteiger partial charge < -0.3 is 5.11 Å². The summed E-state index contributed by atoms with van der Waals surface area (Å²) in [6.07, 6.45) is -3.68. The summed E-state index contributed by atoms with van der Waals surface area (Å²) < 4.78 is 37.8. The van der Waals surface area contributed by atoms with Crippen LogP contribution in [-0.4, -0.2) is 31.1 Å². The van der Waals surface area contributed by atoms with Gasteiger partial charge >= 0.3 is 12.1 Å². The fourth-order valence-corrected chi connectivity index (χ4v) is 1.46. The van der Waals surface area contributed by atoms with E-state index in [1.807, 2.05) is 0 Å². The molecule has 10 heteroatoms. The number of carbonyl (C=O) groups is 1. The predicted octanol–water partition coefficient (Wildman–Crippen LogP) is 2.03. The van der Waals surface area contributed by atoms with E-state index in [4.69, 9.17) is 16.7 Å². The molecule has 2 rings (SSSR count). The molecule has 100 valence electrons. The van der Waals surface area contributed by atoms with Gasteiger partial charge in [-0.3, -0.25) is 0 Å². The molecule has 0 bridgehead atoms. The van der Waals surface area contributed by atoms with Gasteiger partial charge in [-0.25, -0.2) is 9.78 Å². The number of rotatable bonds is 2. The number of carboxylic acids is 1. The second kappa shape index (κ2) is 4.50. The summed E-state index contributed by atoms with van der Waals surface area (Å²) in [6.45, 7) is 0. The van der Waals surface area contributed by atoms with Gasteiger partial charge in [-0.1, -0.05) is 11.6 Å². The average molecular weight is 293 g/mol. The van der Waals surface area contributed by atoms with Gasteiger partial charge in [-0.15, -0.1) is 15.0 Å². The standard InChI is InChI=1S/C9H4ClF3N4O2/c10-4-2-1-3-14-7(4)17-15-5(8(18)19)6(16-17)9(11,12)13/h1-3H,(H,18,19). The lowest BCUT2D eigenvalue weighted by Gasteiger charge is -2.01. The summed E-state index contributed by atoms with van der Waals surface area (Å²) in [5.41, 5.74) is -2.82. The molecule has 2 aromatic rings. The van der Waals surface area contributed by atoms with E-state index in [0.29, 0.717) is 4.80 Å². The van der Waals surface area contributed by atoms with Crippen molar-refractivity contribution in [3.05, 3.63) is 34.7 Å². The van der Waals surface area contributed by atoms with E-state index in [1.165, 1.54) is 18.3 Å². The number of aromatic nitrogens is 4. The molecule has 0 aromatic carbocycles. The molecular formula is C9H4ClF3N4O2. The number of hydrogen-bond acceptors (Lipinski definition) is 4. The SMILES string of the molecule is O=C(O)c1nn(-c2ncccc2Cl)nc1C(F)(F)F. The Morgan fingerprint density at radius 1 is 1.37 bits per heavy atom. The molecule has 19 heavy (non-hydrogen) atoms. The van der Waals surface area contributed by atoms with Crippen LogP contribution >= 0.6 is 11.6 Å². The van der Waals surface area contributed by atoms with E-state index in [-0.39, 0.29) is 10.8 Å². The Labute approximate surface area is 108 Å². The molecular weight excluding hydrogens is 289 g/mol. The minimum Gasteiger partial charge on any atom is -0.476 e. The second-order valence-electron chi connectivity index (χ2n) is 3.30. The van der Waals surface area contributed by atoms with Crippen molar-refractivity contribution >= 4 is 17.6 Å². The number of carboxylic acid groups (broad SMARTS) is 1. The molecule has 0 aliphatic heterocycles. The number of pyridine rings is 1. The van der Waals surface area contributed by atoms with E-state index in [9.17, 15) is 18.0 Å². The van der Waals surface area contributed by atoms with Crippen molar-refractivity contribution in [1.29, 1.82) is 0 Å². The van der Waals surface area contributed by atoms with Gasteiger partial charge in [0.2, 0.25) is 11.4 Å². The molecule has 0 spiro atoms. The van der Waals surface area contributed by atoms with Gasteiger partial charge in [0, 0.05) is 6.20 Å². The van der Waals surface area contributed by atoms with Crippen LogP contribution in [-0.2, 0) is 6.18 Å². The Kier molecular flexibility index (Phi) is 3.14. The van der Waals surface area contributed by atoms with Gasteiger partial charge in [-0.05, 0) is 12.1 Å². The summed E-state index contributed by atoms with van der Waals surface area (Å²) in [6, 6.07) is 2.82. The van der Waals surface area contributed by atoms with Crippen molar-refractivity contribution in [2.45, 2.75) is 6.18 Å². The third kappa shape index (κ3) is 2.50. The summed E-state index contributed by atoms with van der Waals surface area (Å²) in [4.78, 5) is 14.9. The van der Waals surface area contributed by atoms with Crippen LogP contribution in [0.4, 0.5) is 13.2 Å². The molecule has 2 aromatic heterocycles. The zero-order valence-corrected chi connectivity index (χ0v) is 9.64. The zero-order chi connectivity index (χ0) is 14.2. The second-order valence-corrected chi connectivity index (χ2v) is 3.71. The first-order valence-corrected chi connectivity index (χ1v) is 5.07. The molecule has 0 radical (unpaired) electrons. The molecule has 0 unspecified atom stereocenters. The number of aromatic carboxylic acids is 1. The highest BCUT2D eigenvalue weighted by molar-refractivity contribution is 6.32. The Hall–Kier alpha value is -2.16. The maximum atomic E-state index is 12.6. The molecule has 6 nitrogen and oxygen atoms in total. The smallest absolute Gasteiger partial charge is 0.437 e. The van der Waals surface area contributed by atoms with Gasteiger partial charge in [-0.2, -0.15) is 13.2 Å². The monoisotopic (exact) mass is 292 g/mol. The van der Waals surface area contributed by atoms with Crippen molar-refractivity contribution in [3.63, 3.8) is 0 Å². The molecule has 0 fully saturated rings. The van der Waals surface area contributed by atoms with Crippen molar-refractivity contribution in [2.75, 3.05) is 0 Å². The van der Waals surface area contributed by atoms with Crippen molar-refractivity contribution in [1.82, 2.24) is 20.0 Å². The molecule has 0 atom stereocenters. The quantitative estimate of drug-likeness (QED) is 0.916. The number of halogens is 4. The lowest BCUT2D eigenvalue weighted by Crippen LogP contribution is -2.12. The molecule has 0 saturated carbocycles. The normalized spacial score (nSPS) is 11.6. The molecule has 2 heterocycles. The molecule has 0 amide bonds. The Bertz CT molecular complexity index is 641. The minimum atomic E-state index is -4.94. The van der Waals surface area contributed by atoms with E-state index >= 15 is 0 Å². The largest absolute Gasteiger partial charge is 0.476 e. The lowest BCUT2D eigenvalue weighted by atomic mass is 10.3. The van der Waals surface area contributed by atoms with Crippen LogP contribution < -0.4 is 0 Å². The summed E-state index contributed by atoms with van der Waals surface area (Å²) >= 11 is 5.72. The zero-order valence-electron chi connectivity index (χ0n) is 8.89. The first-order chi connectivity index (χ1) is 8.80. The van der Waals surface area contributed by atoms with E-state index in [2.05, 4.69) is 15.2 Å². The summed E-state index contributed by atoms with van der Waals surface area (Å²) in [5, 5.41) is 15.0. The Morgan fingerprint density at radius 3 is 2.53 bits per heavy atom. The fraction of sp³-hybridized carbons (Fsp3) is 0.111. The van der Waals surface area contributed by atoms with E-state index in [1.54, 1.807) is 0 Å². The third-order valence-corrected chi connectivity index (χ3v) is 2.31. The van der Waals surface area contributed by atoms with Crippen LogP contribution in [0.2, 0.25) is 5.02 Å². The molecule has 0 aliphatic rings. The third-order valence-electron chi connectivity index (χ3n) is 2.01. The fourth-order valence-electron chi connectivity index (χ4n) is 1.26. The highest BCUT2D eigenvalue weighted by Gasteiger charge is 2.41. The molecule has 0 saturated heterocycles. The summed E-state index contributed by atoms with van der Waals surface area (Å²) in [7, 11) is 0. The Balaban J connectivity index is 2.62. The summed E-state index contributed by atoms with van der Waals surface area (Å²) in [5.74, 6) is -2.03. The molecule has 0 aliphatic carbocycles. The van der Waals surface area contributed by atoms with Gasteiger partial charge in [0.25, 0.3) is 0 Å². The van der Waals surface area contributed by atoms with Crippen LogP contribution in [0.1, 0.15) is 16.2 Å². The van der Waals surface area contributed by atoms with E-state index < -0.39 is 23.5 Å². The topological polar surface area (TPSA) is 80.9 Å². The van der Waals surface area contributed by atoms with Gasteiger partial charge in [0.1, 0.15) is 0 Å². The van der Waals surface area contributed by atoms with Crippen molar-refractivity contribution in [3.8, 4) is 5.82 Å². The number of nitrogens with zero attached hydrogens (tertiary/aromatic N) is 4. The van der Waals surface area contributed by atoms with Gasteiger partial charge in [0.05, 0.1) is 5.02 Å². The van der Waals surface area contributed by atoms with Crippen LogP contribution in [0, 0.1) is 0 Å². The minimum absolute atomic E-state index is 0.0110. The highest BCUT2D eigenvalue weighted by Crippen LogP contribution is 2.30. The first kappa shape index (κ1) is 13.3. The van der Waals surface area contributed by atoms with Crippen LogP contribution in [0.5, 0.6) is 0 Å². The van der Waals surface area contributed by atoms with Crippen molar-refractivity contribution in [2.24, 2.45) is 0 Å². The van der Waals surface area contributed by atoms with Crippen LogP contribution in [0.3, 0.4) is 0 Å². The van der Waals surface area contributed by atoms with Gasteiger partial charge in [0.15, 0.2) is 5.82 Å². The van der Waals surface area contributed by atoms with Crippen LogP contribution in [0.25, 0.3) is 5.82 Å². The number of alkyl halides is 3. The maximum absolute atomic E-state index is 12.6. The first-order valence-electron chi connectivity index (χ1n) is 4.69. The highest BCUT2D eigenvalue weighted by atomic mass is 35.5. The average Bonchev–Trinajstić information content (AvgIpc) is 2.74. The molecule has 1 N–H and O–H groups in total. The van der Waals surface area contributed by atoms with E-state index in [0.717, 1.165) is 0 Å². The Morgan fingerprint density at radius 2 is 2.05 bits per heavy atom. The number of hydrogen-bond donors (Lipinski definition) is 1. The van der Waals surface area contributed by atoms with Crippen molar-refractivity contribution < 1.29 is 23.1 Å². The lowest BCUT2D eigenvalue weighted by molar-refractivity contribution is -0.141. The predicted molar refractivity (Wildman–Crippen MR) is 56.1 cm³/mol. The maximum Gasteiger partial charge on any atom is 0.437 e. The van der Waals surface area contributed by atoms with Crippen LogP contribution in [0.15, 0.2) is 18.3 Å².